The van der Waals surface area contributed by atoms with Crippen LogP contribution in [0.2, 0.25) is 0 Å². The molecule has 6 rings (SSSR count). The zero-order valence-corrected chi connectivity index (χ0v) is 20.1. The third-order valence-corrected chi connectivity index (χ3v) is 6.02. The largest absolute Gasteiger partial charge is 0.375 e. The second-order valence-electron chi connectivity index (χ2n) is 8.79. The van der Waals surface area contributed by atoms with Crippen molar-refractivity contribution in [2.24, 2.45) is 0 Å². The molecule has 0 atom stereocenters. The molecule has 2 aromatic carbocycles. The van der Waals surface area contributed by atoms with Crippen LogP contribution in [-0.2, 0) is 0 Å². The van der Waals surface area contributed by atoms with Crippen molar-refractivity contribution >= 4 is 50.6 Å². The predicted molar refractivity (Wildman–Crippen MR) is 145 cm³/mol. The molecule has 0 aliphatic carbocycles. The summed E-state index contributed by atoms with van der Waals surface area (Å²) in [6, 6.07) is 17.2. The number of rotatable bonds is 6. The topological polar surface area (TPSA) is 128 Å². The Kier molecular flexibility index (Phi) is 5.45. The van der Waals surface area contributed by atoms with Crippen LogP contribution in [0, 0.1) is 0 Å². The van der Waals surface area contributed by atoms with Crippen LogP contribution in [0.25, 0.3) is 33.2 Å². The maximum absolute atomic E-state index is 13.0. The highest BCUT2D eigenvalue weighted by molar-refractivity contribution is 6.07. The fourth-order valence-electron chi connectivity index (χ4n) is 4.16. The molecule has 10 heteroatoms. The first kappa shape index (κ1) is 22.2. The van der Waals surface area contributed by atoms with Crippen molar-refractivity contribution in [3.8, 4) is 11.4 Å². The van der Waals surface area contributed by atoms with Gasteiger partial charge in [-0.25, -0.2) is 9.97 Å². The summed E-state index contributed by atoms with van der Waals surface area (Å²) in [6.45, 7) is 0. The van der Waals surface area contributed by atoms with Crippen LogP contribution in [0.3, 0.4) is 0 Å². The number of hydrogen-bond donors (Lipinski definition) is 4. The number of fused-ring (bicyclic) bond motifs is 2. The van der Waals surface area contributed by atoms with E-state index in [0.717, 1.165) is 38.7 Å². The highest BCUT2D eigenvalue weighted by atomic mass is 16.1. The van der Waals surface area contributed by atoms with E-state index in [4.69, 9.17) is 0 Å². The van der Waals surface area contributed by atoms with Gasteiger partial charge in [0.25, 0.3) is 5.91 Å². The lowest BCUT2D eigenvalue weighted by Gasteiger charge is -2.16. The summed E-state index contributed by atoms with van der Waals surface area (Å²) >= 11 is 0. The lowest BCUT2D eigenvalue weighted by Crippen LogP contribution is -2.17. The van der Waals surface area contributed by atoms with E-state index in [-0.39, 0.29) is 5.91 Å². The van der Waals surface area contributed by atoms with Crippen molar-refractivity contribution in [3.05, 3.63) is 85.1 Å². The average molecular weight is 490 g/mol. The van der Waals surface area contributed by atoms with E-state index in [2.05, 4.69) is 40.8 Å². The normalized spacial score (nSPS) is 11.1. The van der Waals surface area contributed by atoms with Gasteiger partial charge in [-0.05, 0) is 42.5 Å². The molecule has 4 aromatic heterocycles. The molecule has 0 saturated heterocycles. The minimum Gasteiger partial charge on any atom is -0.375 e. The number of carbonyl (C=O) groups is 1. The Balaban J connectivity index is 1.24. The van der Waals surface area contributed by atoms with Gasteiger partial charge in [-0.3, -0.25) is 14.9 Å². The molecule has 0 unspecified atom stereocenters. The van der Waals surface area contributed by atoms with Crippen LogP contribution in [0.4, 0.5) is 22.9 Å². The van der Waals surface area contributed by atoms with Crippen LogP contribution in [0.15, 0.2) is 79.4 Å². The fraction of sp³-hybridized carbons (Fsp3) is 0.0741. The van der Waals surface area contributed by atoms with Crippen molar-refractivity contribution in [2.75, 3.05) is 29.6 Å². The Labute approximate surface area is 211 Å². The van der Waals surface area contributed by atoms with Crippen LogP contribution >= 0.6 is 0 Å². The third kappa shape index (κ3) is 4.43. The smallest absolute Gasteiger partial charge is 0.272 e. The molecular formula is C27H23N9O. The molecule has 6 aromatic rings. The first-order chi connectivity index (χ1) is 18.0. The number of benzene rings is 2. The van der Waals surface area contributed by atoms with Gasteiger partial charge in [-0.2, -0.15) is 5.10 Å². The molecule has 1 amide bonds. The number of anilines is 4. The van der Waals surface area contributed by atoms with E-state index < -0.39 is 0 Å². The van der Waals surface area contributed by atoms with Gasteiger partial charge in [0, 0.05) is 54.0 Å². The van der Waals surface area contributed by atoms with Gasteiger partial charge in [0.2, 0.25) is 0 Å². The molecule has 4 heterocycles. The third-order valence-electron chi connectivity index (χ3n) is 6.02. The van der Waals surface area contributed by atoms with Crippen molar-refractivity contribution in [3.63, 3.8) is 0 Å². The molecule has 10 nitrogen and oxygen atoms in total. The summed E-state index contributed by atoms with van der Waals surface area (Å²) in [7, 11) is 3.81. The summed E-state index contributed by atoms with van der Waals surface area (Å²) in [5.41, 5.74) is 5.50. The Morgan fingerprint density at radius 1 is 0.919 bits per heavy atom. The maximum atomic E-state index is 13.0. The number of pyridine rings is 1. The van der Waals surface area contributed by atoms with Crippen molar-refractivity contribution in [1.29, 1.82) is 0 Å². The Bertz CT molecular complexity index is 1750. The van der Waals surface area contributed by atoms with Gasteiger partial charge in [0.15, 0.2) is 5.82 Å². The fourth-order valence-corrected chi connectivity index (χ4v) is 4.16. The zero-order valence-electron chi connectivity index (χ0n) is 20.1. The standard InChI is InChI=1S/C27H23N9O/c1-36(2)24-15-28-9-7-21(24)33-27(37)23-12-16-3-4-17(13-22(16)32-23)26-29-10-8-25(34-26)31-19-5-6-20-18(11-19)14-30-35-20/h3-15,32H,1-2H3,(H,30,35)(H,28,33,37)(H,29,31,34). The van der Waals surface area contributed by atoms with E-state index in [1.165, 1.54) is 0 Å². The van der Waals surface area contributed by atoms with Gasteiger partial charge < -0.3 is 20.5 Å². The first-order valence-electron chi connectivity index (χ1n) is 11.6. The SMILES string of the molecule is CN(C)c1cnccc1NC(=O)c1cc2ccc(-c3nccc(Nc4ccc5[nH]ncc5c4)n3)cc2[nH]1. The Morgan fingerprint density at radius 2 is 1.84 bits per heavy atom. The highest BCUT2D eigenvalue weighted by Crippen LogP contribution is 2.26. The molecule has 37 heavy (non-hydrogen) atoms. The second kappa shape index (κ2) is 9.08. The van der Waals surface area contributed by atoms with Crippen LogP contribution in [0.5, 0.6) is 0 Å². The summed E-state index contributed by atoms with van der Waals surface area (Å²) in [4.78, 5) is 31.4. The van der Waals surface area contributed by atoms with E-state index in [1.54, 1.807) is 30.9 Å². The number of aromatic amines is 2. The molecule has 0 bridgehead atoms. The van der Waals surface area contributed by atoms with Gasteiger partial charge in [-0.1, -0.05) is 12.1 Å². The molecule has 0 fully saturated rings. The number of H-pyrrole nitrogens is 2. The summed E-state index contributed by atoms with van der Waals surface area (Å²) in [5, 5.41) is 15.2. The van der Waals surface area contributed by atoms with Crippen LogP contribution in [0.1, 0.15) is 10.5 Å². The number of carbonyl (C=O) groups excluding carboxylic acids is 1. The van der Waals surface area contributed by atoms with E-state index in [1.807, 2.05) is 67.5 Å². The van der Waals surface area contributed by atoms with Gasteiger partial charge in [0.05, 0.1) is 29.3 Å². The maximum Gasteiger partial charge on any atom is 0.272 e. The minimum absolute atomic E-state index is 0.232. The lowest BCUT2D eigenvalue weighted by molar-refractivity contribution is 0.102. The monoisotopic (exact) mass is 489 g/mol. The molecule has 0 radical (unpaired) electrons. The molecule has 0 saturated carbocycles. The summed E-state index contributed by atoms with van der Waals surface area (Å²) < 4.78 is 0. The summed E-state index contributed by atoms with van der Waals surface area (Å²) in [5.74, 6) is 1.02. The first-order valence-corrected chi connectivity index (χ1v) is 11.6. The van der Waals surface area contributed by atoms with Gasteiger partial charge in [0.1, 0.15) is 11.5 Å². The quantitative estimate of drug-likeness (QED) is 0.260. The van der Waals surface area contributed by atoms with Gasteiger partial charge >= 0.3 is 0 Å². The number of amides is 1. The second-order valence-corrected chi connectivity index (χ2v) is 8.79. The van der Waals surface area contributed by atoms with Crippen molar-refractivity contribution in [1.82, 2.24) is 30.1 Å². The molecule has 0 aliphatic heterocycles. The van der Waals surface area contributed by atoms with Crippen LogP contribution in [-0.4, -0.2) is 50.1 Å². The van der Waals surface area contributed by atoms with E-state index in [0.29, 0.717) is 23.0 Å². The Morgan fingerprint density at radius 3 is 2.73 bits per heavy atom. The molecule has 4 N–H and O–H groups in total. The molecule has 182 valence electrons. The lowest BCUT2D eigenvalue weighted by atomic mass is 10.1. The number of hydrogen-bond acceptors (Lipinski definition) is 7. The van der Waals surface area contributed by atoms with Crippen molar-refractivity contribution in [2.45, 2.75) is 0 Å². The minimum atomic E-state index is -0.232. The molecule has 0 aliphatic rings. The highest BCUT2D eigenvalue weighted by Gasteiger charge is 2.14. The number of aromatic nitrogens is 6. The number of nitrogens with zero attached hydrogens (tertiary/aromatic N) is 5. The number of nitrogens with one attached hydrogen (secondary N) is 4. The predicted octanol–water partition coefficient (Wildman–Crippen LogP) is 4.96. The van der Waals surface area contributed by atoms with Gasteiger partial charge in [-0.15, -0.1) is 0 Å². The molecule has 0 spiro atoms. The van der Waals surface area contributed by atoms with Crippen LogP contribution < -0.4 is 15.5 Å². The van der Waals surface area contributed by atoms with E-state index in [9.17, 15) is 4.79 Å². The zero-order chi connectivity index (χ0) is 25.4. The van der Waals surface area contributed by atoms with Crippen molar-refractivity contribution < 1.29 is 4.79 Å². The summed E-state index contributed by atoms with van der Waals surface area (Å²) in [6.07, 6.45) is 6.87. The van der Waals surface area contributed by atoms with E-state index >= 15 is 0 Å². The molecular weight excluding hydrogens is 466 g/mol. The Hall–Kier alpha value is -5.25. The average Bonchev–Trinajstić information content (AvgIpc) is 3.55.